The molecule has 7 aromatic carbocycles. The monoisotopic (exact) mass is 666 g/mol. The molecule has 52 heavy (non-hydrogen) atoms. The van der Waals surface area contributed by atoms with Gasteiger partial charge in [-0.2, -0.15) is 0 Å². The molecule has 0 bridgehead atoms. The van der Waals surface area contributed by atoms with Gasteiger partial charge in [-0.1, -0.05) is 152 Å². The molecule has 0 amide bonds. The zero-order valence-corrected chi connectivity index (χ0v) is 28.9. The van der Waals surface area contributed by atoms with Gasteiger partial charge in [0.1, 0.15) is 0 Å². The number of benzene rings is 7. The zero-order valence-electron chi connectivity index (χ0n) is 28.9. The Hall–Kier alpha value is -6.64. The summed E-state index contributed by atoms with van der Waals surface area (Å²) in [4.78, 5) is 4.76. The minimum Gasteiger partial charge on any atom is -0.310 e. The van der Waals surface area contributed by atoms with Crippen LogP contribution < -0.4 is 9.80 Å². The first-order chi connectivity index (χ1) is 25.8. The van der Waals surface area contributed by atoms with Crippen LogP contribution in [0.2, 0.25) is 0 Å². The summed E-state index contributed by atoms with van der Waals surface area (Å²) >= 11 is 0. The van der Waals surface area contributed by atoms with Crippen molar-refractivity contribution in [2.45, 2.75) is 6.42 Å². The quantitative estimate of drug-likeness (QED) is 0.159. The highest BCUT2D eigenvalue weighted by molar-refractivity contribution is 5.99. The van der Waals surface area contributed by atoms with Gasteiger partial charge < -0.3 is 9.80 Å². The molecule has 248 valence electrons. The van der Waals surface area contributed by atoms with Crippen molar-refractivity contribution in [3.8, 4) is 22.3 Å². The molecule has 0 aromatic heterocycles. The van der Waals surface area contributed by atoms with E-state index < -0.39 is 0 Å². The first-order valence-corrected chi connectivity index (χ1v) is 18.0. The van der Waals surface area contributed by atoms with Gasteiger partial charge in [-0.15, -0.1) is 0 Å². The van der Waals surface area contributed by atoms with Crippen LogP contribution in [0, 0.1) is 5.92 Å². The van der Waals surface area contributed by atoms with E-state index in [2.05, 4.69) is 222 Å². The number of para-hydroxylation sites is 1. The highest BCUT2D eigenvalue weighted by Gasteiger charge is 2.24. The van der Waals surface area contributed by atoms with Crippen molar-refractivity contribution in [3.05, 3.63) is 224 Å². The third kappa shape index (κ3) is 6.05. The van der Waals surface area contributed by atoms with Crippen LogP contribution in [0.4, 0.5) is 28.4 Å². The van der Waals surface area contributed by atoms with Crippen LogP contribution in [0.15, 0.2) is 224 Å². The van der Waals surface area contributed by atoms with Gasteiger partial charge in [-0.3, -0.25) is 0 Å². The number of fused-ring (bicyclic) bond motifs is 2. The minimum atomic E-state index is 0.387. The van der Waals surface area contributed by atoms with Crippen LogP contribution in [0.5, 0.6) is 0 Å². The molecule has 0 fully saturated rings. The van der Waals surface area contributed by atoms with E-state index in [0.29, 0.717) is 5.92 Å². The second-order valence-corrected chi connectivity index (χ2v) is 13.3. The van der Waals surface area contributed by atoms with Gasteiger partial charge >= 0.3 is 0 Å². The molecular weight excluding hydrogens is 629 g/mol. The predicted octanol–water partition coefficient (Wildman–Crippen LogP) is 13.7. The summed E-state index contributed by atoms with van der Waals surface area (Å²) in [6.07, 6.45) is 14.6. The van der Waals surface area contributed by atoms with E-state index in [0.717, 1.165) is 34.9 Å². The highest BCUT2D eigenvalue weighted by atomic mass is 15.2. The van der Waals surface area contributed by atoms with E-state index >= 15 is 0 Å². The maximum Gasteiger partial charge on any atom is 0.0540 e. The van der Waals surface area contributed by atoms with E-state index in [-0.39, 0.29) is 0 Å². The van der Waals surface area contributed by atoms with Gasteiger partial charge in [-0.25, -0.2) is 0 Å². The largest absolute Gasteiger partial charge is 0.310 e. The molecule has 1 atom stereocenters. The summed E-state index contributed by atoms with van der Waals surface area (Å²) < 4.78 is 0. The second-order valence-electron chi connectivity index (χ2n) is 13.3. The van der Waals surface area contributed by atoms with Crippen LogP contribution in [-0.2, 0) is 0 Å². The lowest BCUT2D eigenvalue weighted by atomic mass is 9.86. The maximum absolute atomic E-state index is 2.41. The Morgan fingerprint density at radius 1 is 0.404 bits per heavy atom. The number of hydrogen-bond acceptors (Lipinski definition) is 2. The molecule has 2 aliphatic carbocycles. The first kappa shape index (κ1) is 31.3. The van der Waals surface area contributed by atoms with E-state index in [1.165, 1.54) is 44.3 Å². The molecule has 0 spiro atoms. The standard InChI is InChI=1S/C50H38N2/c1-3-13-37(14-4-1)38-25-31-45(32-26-38)52(50-24-12-18-42-16-8-10-22-48(42)50)46-35-29-40(30-36-46)39-27-33-44(34-28-39)51(43-19-5-2-6-20-43)49-23-11-17-41-15-7-9-21-47(41)49/h1-17,19-36,42H,18H2. The van der Waals surface area contributed by atoms with Gasteiger partial charge in [0.2, 0.25) is 0 Å². The van der Waals surface area contributed by atoms with Crippen molar-refractivity contribution < 1.29 is 0 Å². The van der Waals surface area contributed by atoms with Gasteiger partial charge in [0, 0.05) is 39.8 Å². The fourth-order valence-electron chi connectivity index (χ4n) is 7.57. The highest BCUT2D eigenvalue weighted by Crippen LogP contribution is 2.41. The summed E-state index contributed by atoms with van der Waals surface area (Å²) in [7, 11) is 0. The van der Waals surface area contributed by atoms with Crippen LogP contribution in [0.25, 0.3) is 33.0 Å². The van der Waals surface area contributed by atoms with E-state index in [1.54, 1.807) is 0 Å². The van der Waals surface area contributed by atoms with Crippen LogP contribution >= 0.6 is 0 Å². The Labute approximate surface area is 306 Å². The van der Waals surface area contributed by atoms with Crippen molar-refractivity contribution in [2.75, 3.05) is 9.80 Å². The SMILES string of the molecule is C1=CC2=C(N(c3ccc(-c4ccccc4)cc3)c3ccc(-c4ccc(N(c5ccccc5)c5cccc6ccccc56)cc4)cc3)C=CCC2C=C1. The van der Waals surface area contributed by atoms with Gasteiger partial charge in [-0.05, 0) is 100 Å². The molecule has 2 aliphatic rings. The van der Waals surface area contributed by atoms with Gasteiger partial charge in [0.05, 0.1) is 5.69 Å². The lowest BCUT2D eigenvalue weighted by molar-refractivity contribution is 0.763. The molecule has 0 saturated carbocycles. The summed E-state index contributed by atoms with van der Waals surface area (Å²) in [5, 5.41) is 2.45. The molecule has 1 unspecified atom stereocenters. The number of allylic oxidation sites excluding steroid dienone is 7. The van der Waals surface area contributed by atoms with E-state index in [9.17, 15) is 0 Å². The average molecular weight is 667 g/mol. The van der Waals surface area contributed by atoms with E-state index in [4.69, 9.17) is 0 Å². The van der Waals surface area contributed by atoms with Crippen molar-refractivity contribution >= 4 is 39.2 Å². The lowest BCUT2D eigenvalue weighted by Gasteiger charge is -2.32. The predicted molar refractivity (Wildman–Crippen MR) is 221 cm³/mol. The molecule has 9 rings (SSSR count). The lowest BCUT2D eigenvalue weighted by Crippen LogP contribution is -2.21. The van der Waals surface area contributed by atoms with Crippen LogP contribution in [0.1, 0.15) is 6.42 Å². The Balaban J connectivity index is 1.06. The third-order valence-corrected chi connectivity index (χ3v) is 10.2. The molecule has 2 heteroatoms. The van der Waals surface area contributed by atoms with Crippen LogP contribution in [0.3, 0.4) is 0 Å². The Bertz CT molecular complexity index is 2450. The zero-order chi connectivity index (χ0) is 34.7. The molecule has 0 N–H and O–H groups in total. The normalized spacial score (nSPS) is 14.7. The molecule has 2 nitrogen and oxygen atoms in total. The second kappa shape index (κ2) is 13.9. The topological polar surface area (TPSA) is 6.48 Å². The fourth-order valence-corrected chi connectivity index (χ4v) is 7.57. The number of rotatable bonds is 8. The van der Waals surface area contributed by atoms with Crippen molar-refractivity contribution in [3.63, 3.8) is 0 Å². The number of nitrogens with zero attached hydrogens (tertiary/aromatic N) is 2. The van der Waals surface area contributed by atoms with Crippen molar-refractivity contribution in [1.82, 2.24) is 0 Å². The maximum atomic E-state index is 2.41. The Kier molecular flexibility index (Phi) is 8.40. The molecule has 0 aliphatic heterocycles. The van der Waals surface area contributed by atoms with Gasteiger partial charge in [0.25, 0.3) is 0 Å². The van der Waals surface area contributed by atoms with E-state index in [1.807, 2.05) is 0 Å². The summed E-state index contributed by atoms with van der Waals surface area (Å²) in [5.74, 6) is 0.387. The van der Waals surface area contributed by atoms with Gasteiger partial charge in [0.15, 0.2) is 0 Å². The summed E-state index contributed by atoms with van der Waals surface area (Å²) in [6, 6.07) is 63.3. The summed E-state index contributed by atoms with van der Waals surface area (Å²) in [5.41, 5.74) is 13.1. The molecule has 0 heterocycles. The molecule has 0 saturated heterocycles. The third-order valence-electron chi connectivity index (χ3n) is 10.2. The first-order valence-electron chi connectivity index (χ1n) is 18.0. The van der Waals surface area contributed by atoms with Crippen molar-refractivity contribution in [2.24, 2.45) is 5.92 Å². The van der Waals surface area contributed by atoms with Crippen molar-refractivity contribution in [1.29, 1.82) is 0 Å². The fraction of sp³-hybridized carbons (Fsp3) is 0.0400. The number of anilines is 5. The average Bonchev–Trinajstić information content (AvgIpc) is 3.23. The smallest absolute Gasteiger partial charge is 0.0540 e. The molecule has 0 radical (unpaired) electrons. The Morgan fingerprint density at radius 3 is 1.58 bits per heavy atom. The number of hydrogen-bond donors (Lipinski definition) is 0. The summed E-state index contributed by atoms with van der Waals surface area (Å²) in [6.45, 7) is 0. The Morgan fingerprint density at radius 2 is 0.923 bits per heavy atom. The molecular formula is C50H38N2. The molecule has 7 aromatic rings. The minimum absolute atomic E-state index is 0.387. The van der Waals surface area contributed by atoms with Crippen LogP contribution in [-0.4, -0.2) is 0 Å².